The third kappa shape index (κ3) is 3.81. The number of benzene rings is 2. The van der Waals surface area contributed by atoms with Crippen LogP contribution in [0.15, 0.2) is 42.5 Å². The molecule has 3 aromatic rings. The first-order valence-corrected chi connectivity index (χ1v) is 9.86. The summed E-state index contributed by atoms with van der Waals surface area (Å²) in [5.74, 6) is -1.57. The molecule has 1 atom stereocenters. The first kappa shape index (κ1) is 22.8. The molecule has 8 nitrogen and oxygen atoms in total. The number of alkyl halides is 3. The van der Waals surface area contributed by atoms with Gasteiger partial charge in [-0.2, -0.15) is 23.5 Å². The lowest BCUT2D eigenvalue weighted by atomic mass is 9.92. The minimum Gasteiger partial charge on any atom is -0.365 e. The van der Waals surface area contributed by atoms with Gasteiger partial charge in [0.05, 0.1) is 35.0 Å². The van der Waals surface area contributed by atoms with Crippen molar-refractivity contribution >= 4 is 11.9 Å². The molecule has 1 unspecified atom stereocenters. The maximum Gasteiger partial charge on any atom is 0.417 e. The van der Waals surface area contributed by atoms with E-state index >= 15 is 0 Å². The number of nitrogens with two attached hydrogens (primary N) is 2. The summed E-state index contributed by atoms with van der Waals surface area (Å²) in [6, 6.07) is 7.44. The SMILES string of the molecule is N#Cc1ccc(C2c3c(C(N)=O)c(-c4cccc(F)c4)nn3CCN2C(N)=O)cc1C(F)(F)F. The van der Waals surface area contributed by atoms with Gasteiger partial charge < -0.3 is 16.4 Å². The van der Waals surface area contributed by atoms with E-state index in [1.54, 1.807) is 0 Å². The molecule has 1 aliphatic heterocycles. The molecule has 0 fully saturated rings. The molecule has 4 N–H and O–H groups in total. The second kappa shape index (κ2) is 8.18. The summed E-state index contributed by atoms with van der Waals surface area (Å²) in [7, 11) is 0. The summed E-state index contributed by atoms with van der Waals surface area (Å²) in [4.78, 5) is 25.8. The van der Waals surface area contributed by atoms with Crippen molar-refractivity contribution in [3.8, 4) is 17.3 Å². The molecule has 0 bridgehead atoms. The van der Waals surface area contributed by atoms with E-state index in [0.29, 0.717) is 0 Å². The predicted molar refractivity (Wildman–Crippen MR) is 110 cm³/mol. The number of fused-ring (bicyclic) bond motifs is 1. The average Bonchev–Trinajstić information content (AvgIpc) is 3.17. The Kier molecular flexibility index (Phi) is 5.48. The Morgan fingerprint density at radius 3 is 2.44 bits per heavy atom. The summed E-state index contributed by atoms with van der Waals surface area (Å²) in [6.07, 6.45) is -4.85. The van der Waals surface area contributed by atoms with Crippen LogP contribution in [0.2, 0.25) is 0 Å². The normalized spacial score (nSPS) is 15.5. The number of primary amides is 2. The Hall–Kier alpha value is -4.40. The van der Waals surface area contributed by atoms with Crippen molar-refractivity contribution in [2.45, 2.75) is 18.8 Å². The highest BCUT2D eigenvalue weighted by atomic mass is 19.4. The van der Waals surface area contributed by atoms with E-state index in [1.807, 2.05) is 0 Å². The number of nitriles is 1. The lowest BCUT2D eigenvalue weighted by Crippen LogP contribution is -2.46. The number of aromatic nitrogens is 2. The lowest BCUT2D eigenvalue weighted by Gasteiger charge is -2.36. The Balaban J connectivity index is 2.01. The molecule has 34 heavy (non-hydrogen) atoms. The molecule has 174 valence electrons. The minimum absolute atomic E-state index is 0.0167. The molecule has 2 aromatic carbocycles. The van der Waals surface area contributed by atoms with Crippen LogP contribution in [0, 0.1) is 17.1 Å². The van der Waals surface area contributed by atoms with Crippen molar-refractivity contribution in [1.29, 1.82) is 5.26 Å². The van der Waals surface area contributed by atoms with Crippen LogP contribution in [-0.2, 0) is 12.7 Å². The van der Waals surface area contributed by atoms with E-state index in [1.165, 1.54) is 35.0 Å². The summed E-state index contributed by atoms with van der Waals surface area (Å²) >= 11 is 0. The van der Waals surface area contributed by atoms with Gasteiger partial charge >= 0.3 is 12.2 Å². The van der Waals surface area contributed by atoms with Gasteiger partial charge in [-0.1, -0.05) is 18.2 Å². The molecule has 0 radical (unpaired) electrons. The van der Waals surface area contributed by atoms with Crippen LogP contribution in [-0.4, -0.2) is 33.2 Å². The number of rotatable bonds is 3. The monoisotopic (exact) mass is 472 g/mol. The van der Waals surface area contributed by atoms with Crippen molar-refractivity contribution in [3.05, 3.63) is 76.2 Å². The molecule has 0 aliphatic carbocycles. The zero-order valence-corrected chi connectivity index (χ0v) is 17.3. The van der Waals surface area contributed by atoms with Crippen molar-refractivity contribution in [2.24, 2.45) is 11.5 Å². The molecule has 4 rings (SSSR count). The van der Waals surface area contributed by atoms with Crippen molar-refractivity contribution in [2.75, 3.05) is 6.54 Å². The number of carbonyl (C=O) groups is 2. The van der Waals surface area contributed by atoms with Crippen LogP contribution < -0.4 is 11.5 Å². The second-order valence-corrected chi connectivity index (χ2v) is 7.56. The van der Waals surface area contributed by atoms with Gasteiger partial charge in [-0.25, -0.2) is 9.18 Å². The summed E-state index contributed by atoms with van der Waals surface area (Å²) in [5.41, 5.74) is 9.35. The average molecular weight is 472 g/mol. The van der Waals surface area contributed by atoms with Crippen molar-refractivity contribution in [1.82, 2.24) is 14.7 Å². The fourth-order valence-corrected chi connectivity index (χ4v) is 4.12. The number of halogens is 4. The highest BCUT2D eigenvalue weighted by Crippen LogP contribution is 2.40. The summed E-state index contributed by atoms with van der Waals surface area (Å²) < 4.78 is 56.1. The highest BCUT2D eigenvalue weighted by Gasteiger charge is 2.40. The lowest BCUT2D eigenvalue weighted by molar-refractivity contribution is -0.137. The molecule has 2 heterocycles. The topological polar surface area (TPSA) is 131 Å². The molecule has 3 amide bonds. The Morgan fingerprint density at radius 2 is 1.85 bits per heavy atom. The molecular weight excluding hydrogens is 456 g/mol. The Labute approximate surface area is 190 Å². The first-order valence-electron chi connectivity index (χ1n) is 9.86. The standard InChI is InChI=1S/C22H16F4N6O2/c23-14-3-1-2-11(8-14)17-16(20(28)33)19-18(31(21(29)34)6-7-32(19)30-17)12-4-5-13(10-27)15(9-12)22(24,25)26/h1-5,8-9,18H,6-7H2,(H2,28,33)(H2,29,34). The number of urea groups is 1. The quantitative estimate of drug-likeness (QED) is 0.567. The molecule has 0 saturated heterocycles. The van der Waals surface area contributed by atoms with Gasteiger partial charge in [0.2, 0.25) is 0 Å². The van der Waals surface area contributed by atoms with Crippen molar-refractivity contribution < 1.29 is 27.2 Å². The highest BCUT2D eigenvalue weighted by molar-refractivity contribution is 6.00. The van der Waals surface area contributed by atoms with Crippen LogP contribution in [0.5, 0.6) is 0 Å². The van der Waals surface area contributed by atoms with Gasteiger partial charge in [-0.15, -0.1) is 0 Å². The fraction of sp³-hybridized carbons (Fsp3) is 0.182. The molecule has 0 spiro atoms. The number of hydrogen-bond donors (Lipinski definition) is 2. The third-order valence-electron chi connectivity index (χ3n) is 5.53. The molecule has 12 heteroatoms. The number of hydrogen-bond acceptors (Lipinski definition) is 4. The molecular formula is C22H16F4N6O2. The first-order chi connectivity index (χ1) is 16.0. The zero-order chi connectivity index (χ0) is 24.8. The third-order valence-corrected chi connectivity index (χ3v) is 5.53. The van der Waals surface area contributed by atoms with Crippen LogP contribution in [0.25, 0.3) is 11.3 Å². The minimum atomic E-state index is -4.85. The maximum atomic E-state index is 13.9. The van der Waals surface area contributed by atoms with Crippen LogP contribution in [0.3, 0.4) is 0 Å². The van der Waals surface area contributed by atoms with E-state index < -0.39 is 41.1 Å². The molecule has 1 aliphatic rings. The van der Waals surface area contributed by atoms with Crippen molar-refractivity contribution in [3.63, 3.8) is 0 Å². The Morgan fingerprint density at radius 1 is 1.12 bits per heavy atom. The van der Waals surface area contributed by atoms with E-state index in [2.05, 4.69) is 5.10 Å². The number of amides is 3. The Bertz CT molecular complexity index is 1360. The van der Waals surface area contributed by atoms with Crippen LogP contribution in [0.4, 0.5) is 22.4 Å². The smallest absolute Gasteiger partial charge is 0.365 e. The van der Waals surface area contributed by atoms with Gasteiger partial charge in [-0.3, -0.25) is 9.48 Å². The summed E-state index contributed by atoms with van der Waals surface area (Å²) in [6.45, 7) is 0.0314. The molecule has 1 aromatic heterocycles. The van der Waals surface area contributed by atoms with E-state index in [4.69, 9.17) is 16.7 Å². The summed E-state index contributed by atoms with van der Waals surface area (Å²) in [5, 5.41) is 13.5. The second-order valence-electron chi connectivity index (χ2n) is 7.56. The van der Waals surface area contributed by atoms with E-state index in [-0.39, 0.29) is 41.2 Å². The van der Waals surface area contributed by atoms with Gasteiger partial charge in [0.15, 0.2) is 0 Å². The van der Waals surface area contributed by atoms with Crippen LogP contribution in [0.1, 0.15) is 38.8 Å². The molecule has 0 saturated carbocycles. The number of carbonyl (C=O) groups excluding carboxylic acids is 2. The van der Waals surface area contributed by atoms with E-state index in [9.17, 15) is 27.2 Å². The van der Waals surface area contributed by atoms with Gasteiger partial charge in [0.1, 0.15) is 17.6 Å². The zero-order valence-electron chi connectivity index (χ0n) is 17.3. The van der Waals surface area contributed by atoms with Gasteiger partial charge in [0.25, 0.3) is 5.91 Å². The number of nitrogens with zero attached hydrogens (tertiary/aromatic N) is 4. The van der Waals surface area contributed by atoms with Gasteiger partial charge in [-0.05, 0) is 29.8 Å². The van der Waals surface area contributed by atoms with E-state index in [0.717, 1.165) is 23.1 Å². The van der Waals surface area contributed by atoms with Crippen LogP contribution >= 0.6 is 0 Å². The van der Waals surface area contributed by atoms with Gasteiger partial charge in [0, 0.05) is 12.1 Å². The predicted octanol–water partition coefficient (Wildman–Crippen LogP) is 3.16. The largest absolute Gasteiger partial charge is 0.417 e. The fourth-order valence-electron chi connectivity index (χ4n) is 4.12. The maximum absolute atomic E-state index is 13.9.